The van der Waals surface area contributed by atoms with Crippen LogP contribution in [0.4, 0.5) is 5.69 Å². The second-order valence-electron chi connectivity index (χ2n) is 5.81. The summed E-state index contributed by atoms with van der Waals surface area (Å²) in [7, 11) is 0. The first kappa shape index (κ1) is 15.5. The minimum Gasteiger partial charge on any atom is -0.478 e. The first-order valence-electron chi connectivity index (χ1n) is 7.88. The first-order valence-corrected chi connectivity index (χ1v) is 7.88. The highest BCUT2D eigenvalue weighted by Gasteiger charge is 2.24. The molecule has 1 aromatic carbocycles. The predicted molar refractivity (Wildman–Crippen MR) is 89.8 cm³/mol. The van der Waals surface area contributed by atoms with Crippen LogP contribution < -0.4 is 4.90 Å². The first-order chi connectivity index (χ1) is 11.2. The molecule has 0 aliphatic carbocycles. The van der Waals surface area contributed by atoms with Gasteiger partial charge in [0, 0.05) is 44.6 Å². The molecule has 0 radical (unpaired) electrons. The Balaban J connectivity index is 1.68. The Labute approximate surface area is 136 Å². The minimum atomic E-state index is -0.869. The third kappa shape index (κ3) is 3.35. The number of carbonyl (C=O) groups is 1. The van der Waals surface area contributed by atoms with Gasteiger partial charge in [0.15, 0.2) is 0 Å². The van der Waals surface area contributed by atoms with Crippen molar-refractivity contribution in [2.75, 3.05) is 31.1 Å². The van der Waals surface area contributed by atoms with Gasteiger partial charge in [0.05, 0.1) is 11.3 Å². The lowest BCUT2D eigenvalue weighted by molar-refractivity contribution is 0.0697. The van der Waals surface area contributed by atoms with Gasteiger partial charge in [0.1, 0.15) is 0 Å². The Morgan fingerprint density at radius 3 is 2.52 bits per heavy atom. The number of pyridine rings is 1. The van der Waals surface area contributed by atoms with Gasteiger partial charge in [-0.3, -0.25) is 9.88 Å². The van der Waals surface area contributed by atoms with E-state index in [9.17, 15) is 9.90 Å². The average Bonchev–Trinajstić information content (AvgIpc) is 2.62. The Hall–Kier alpha value is -2.40. The van der Waals surface area contributed by atoms with Crippen LogP contribution in [0.2, 0.25) is 0 Å². The fourth-order valence-corrected chi connectivity index (χ4v) is 3.11. The molecule has 5 heteroatoms. The Morgan fingerprint density at radius 1 is 1.13 bits per heavy atom. The number of hydrogen-bond acceptors (Lipinski definition) is 4. The summed E-state index contributed by atoms with van der Waals surface area (Å²) in [6, 6.07) is 11.6. The molecule has 2 aromatic rings. The second kappa shape index (κ2) is 6.79. The fourth-order valence-electron chi connectivity index (χ4n) is 3.11. The lowest BCUT2D eigenvalue weighted by Gasteiger charge is -2.39. The minimum absolute atomic E-state index is 0.320. The van der Waals surface area contributed by atoms with Crippen LogP contribution in [-0.4, -0.2) is 47.1 Å². The lowest BCUT2D eigenvalue weighted by atomic mass is 10.1. The summed E-state index contributed by atoms with van der Waals surface area (Å²) in [5.74, 6) is -0.869. The summed E-state index contributed by atoms with van der Waals surface area (Å²) in [6.45, 7) is 5.66. The molecule has 0 bridgehead atoms. The van der Waals surface area contributed by atoms with E-state index in [1.54, 1.807) is 18.3 Å². The summed E-state index contributed by atoms with van der Waals surface area (Å²) in [6.07, 6.45) is 3.70. The van der Waals surface area contributed by atoms with Crippen LogP contribution in [0, 0.1) is 0 Å². The van der Waals surface area contributed by atoms with E-state index in [-0.39, 0.29) is 0 Å². The quantitative estimate of drug-likeness (QED) is 0.941. The van der Waals surface area contributed by atoms with Crippen molar-refractivity contribution in [2.24, 2.45) is 0 Å². The van der Waals surface area contributed by atoms with Crippen LogP contribution in [0.25, 0.3) is 0 Å². The number of carboxylic acids is 1. The molecule has 1 N–H and O–H groups in total. The van der Waals surface area contributed by atoms with Gasteiger partial charge < -0.3 is 10.0 Å². The van der Waals surface area contributed by atoms with Gasteiger partial charge in [0.25, 0.3) is 0 Å². The van der Waals surface area contributed by atoms with E-state index in [2.05, 4.69) is 27.8 Å². The standard InChI is InChI=1S/C18H21N3O2/c1-14(15-5-4-8-19-13-15)20-9-11-21(12-10-20)17-7-3-2-6-16(17)18(22)23/h2-8,13-14H,9-12H2,1H3,(H,22,23). The van der Waals surface area contributed by atoms with Crippen molar-refractivity contribution < 1.29 is 9.90 Å². The molecule has 1 saturated heterocycles. The van der Waals surface area contributed by atoms with Gasteiger partial charge in [-0.15, -0.1) is 0 Å². The molecule has 120 valence electrons. The maximum Gasteiger partial charge on any atom is 0.337 e. The number of carboxylic acid groups (broad SMARTS) is 1. The van der Waals surface area contributed by atoms with E-state index in [1.165, 1.54) is 5.56 Å². The Bertz CT molecular complexity index is 667. The number of nitrogens with zero attached hydrogens (tertiary/aromatic N) is 3. The van der Waals surface area contributed by atoms with E-state index >= 15 is 0 Å². The molecule has 1 aliphatic heterocycles. The Kier molecular flexibility index (Phi) is 4.57. The third-order valence-electron chi connectivity index (χ3n) is 4.50. The van der Waals surface area contributed by atoms with Gasteiger partial charge in [-0.2, -0.15) is 0 Å². The topological polar surface area (TPSA) is 56.7 Å². The molecule has 23 heavy (non-hydrogen) atoms. The molecule has 1 aromatic heterocycles. The molecule has 2 heterocycles. The molecule has 0 saturated carbocycles. The van der Waals surface area contributed by atoms with E-state index in [4.69, 9.17) is 0 Å². The van der Waals surface area contributed by atoms with E-state index < -0.39 is 5.97 Å². The summed E-state index contributed by atoms with van der Waals surface area (Å²) >= 11 is 0. The normalized spacial score (nSPS) is 17.0. The maximum atomic E-state index is 11.4. The molecular formula is C18H21N3O2. The van der Waals surface area contributed by atoms with Crippen LogP contribution >= 0.6 is 0 Å². The van der Waals surface area contributed by atoms with Crippen LogP contribution in [0.15, 0.2) is 48.8 Å². The zero-order valence-corrected chi connectivity index (χ0v) is 13.2. The lowest BCUT2D eigenvalue weighted by Crippen LogP contribution is -2.47. The summed E-state index contributed by atoms with van der Waals surface area (Å²) in [5.41, 5.74) is 2.40. The van der Waals surface area contributed by atoms with Crippen molar-refractivity contribution >= 4 is 11.7 Å². The zero-order chi connectivity index (χ0) is 16.2. The van der Waals surface area contributed by atoms with Crippen molar-refractivity contribution in [1.29, 1.82) is 0 Å². The van der Waals surface area contributed by atoms with Crippen LogP contribution in [-0.2, 0) is 0 Å². The van der Waals surface area contributed by atoms with Crippen LogP contribution in [0.5, 0.6) is 0 Å². The van der Waals surface area contributed by atoms with Crippen molar-refractivity contribution in [2.45, 2.75) is 13.0 Å². The van der Waals surface area contributed by atoms with Crippen LogP contribution in [0.1, 0.15) is 28.9 Å². The highest BCUT2D eigenvalue weighted by atomic mass is 16.4. The molecular weight excluding hydrogens is 290 g/mol. The molecule has 1 unspecified atom stereocenters. The molecule has 1 atom stereocenters. The third-order valence-corrected chi connectivity index (χ3v) is 4.50. The second-order valence-corrected chi connectivity index (χ2v) is 5.81. The summed E-state index contributed by atoms with van der Waals surface area (Å²) in [5, 5.41) is 9.34. The number of piperazine rings is 1. The van der Waals surface area contributed by atoms with Gasteiger partial charge >= 0.3 is 5.97 Å². The number of aromatic nitrogens is 1. The number of rotatable bonds is 4. The highest BCUT2D eigenvalue weighted by Crippen LogP contribution is 2.25. The summed E-state index contributed by atoms with van der Waals surface area (Å²) in [4.78, 5) is 20.1. The van der Waals surface area contributed by atoms with Crippen molar-refractivity contribution in [3.05, 3.63) is 59.9 Å². The molecule has 1 fully saturated rings. The van der Waals surface area contributed by atoms with Gasteiger partial charge in [-0.05, 0) is 30.7 Å². The van der Waals surface area contributed by atoms with Crippen molar-refractivity contribution in [3.63, 3.8) is 0 Å². The SMILES string of the molecule is CC(c1cccnc1)N1CCN(c2ccccc2C(=O)O)CC1. The number of benzene rings is 1. The van der Waals surface area contributed by atoms with Gasteiger partial charge in [0.2, 0.25) is 0 Å². The van der Waals surface area contributed by atoms with Gasteiger partial charge in [-0.1, -0.05) is 18.2 Å². The smallest absolute Gasteiger partial charge is 0.337 e. The van der Waals surface area contributed by atoms with Crippen LogP contribution in [0.3, 0.4) is 0 Å². The largest absolute Gasteiger partial charge is 0.478 e. The van der Waals surface area contributed by atoms with E-state index in [0.29, 0.717) is 11.6 Å². The molecule has 1 aliphatic rings. The molecule has 5 nitrogen and oxygen atoms in total. The van der Waals surface area contributed by atoms with Crippen molar-refractivity contribution in [1.82, 2.24) is 9.88 Å². The fraction of sp³-hybridized carbons (Fsp3) is 0.333. The maximum absolute atomic E-state index is 11.4. The number of aromatic carboxylic acids is 1. The highest BCUT2D eigenvalue weighted by molar-refractivity contribution is 5.94. The number of hydrogen-bond donors (Lipinski definition) is 1. The summed E-state index contributed by atoms with van der Waals surface area (Å²) < 4.78 is 0. The molecule has 3 rings (SSSR count). The molecule has 0 amide bonds. The average molecular weight is 311 g/mol. The van der Waals surface area contributed by atoms with E-state index in [0.717, 1.165) is 31.9 Å². The number of anilines is 1. The van der Waals surface area contributed by atoms with E-state index in [1.807, 2.05) is 24.4 Å². The predicted octanol–water partition coefficient (Wildman–Crippen LogP) is 2.66. The van der Waals surface area contributed by atoms with Gasteiger partial charge in [-0.25, -0.2) is 4.79 Å². The number of para-hydroxylation sites is 1. The van der Waals surface area contributed by atoms with Crippen molar-refractivity contribution in [3.8, 4) is 0 Å². The Morgan fingerprint density at radius 2 is 1.87 bits per heavy atom. The zero-order valence-electron chi connectivity index (χ0n) is 13.2. The molecule has 0 spiro atoms. The monoisotopic (exact) mass is 311 g/mol.